The molecule has 0 saturated heterocycles. The van der Waals surface area contributed by atoms with Gasteiger partial charge in [0.1, 0.15) is 0 Å². The number of carbonyl (C=O) groups is 1. The summed E-state index contributed by atoms with van der Waals surface area (Å²) in [7, 11) is 1.65. The van der Waals surface area contributed by atoms with Crippen molar-refractivity contribution in [3.8, 4) is 23.0 Å². The lowest BCUT2D eigenvalue weighted by molar-refractivity contribution is 0.0916. The molecule has 158 valence electrons. The van der Waals surface area contributed by atoms with Crippen molar-refractivity contribution in [2.75, 3.05) is 13.7 Å². The molecular weight excluding hydrogens is 394 g/mol. The van der Waals surface area contributed by atoms with E-state index in [1.54, 1.807) is 25.4 Å². The fourth-order valence-corrected chi connectivity index (χ4v) is 3.47. The summed E-state index contributed by atoms with van der Waals surface area (Å²) in [4.78, 5) is 29.3. The van der Waals surface area contributed by atoms with Gasteiger partial charge < -0.3 is 10.1 Å². The fraction of sp³-hybridized carbons (Fsp3) is 0.304. The summed E-state index contributed by atoms with van der Waals surface area (Å²) in [5.74, 6) is 0.341. The predicted octanol–water partition coefficient (Wildman–Crippen LogP) is 2.59. The highest BCUT2D eigenvalue weighted by Crippen LogP contribution is 2.38. The van der Waals surface area contributed by atoms with E-state index < -0.39 is 0 Å². The molecule has 4 rings (SSSR count). The van der Waals surface area contributed by atoms with Crippen LogP contribution in [0, 0.1) is 11.3 Å². The Balaban J connectivity index is 1.48. The molecule has 1 amide bonds. The minimum absolute atomic E-state index is 0.158. The third-order valence-electron chi connectivity index (χ3n) is 5.55. The van der Waals surface area contributed by atoms with Gasteiger partial charge in [0, 0.05) is 31.6 Å². The maximum Gasteiger partial charge on any atom is 0.272 e. The fourth-order valence-electron chi connectivity index (χ4n) is 3.47. The van der Waals surface area contributed by atoms with E-state index in [9.17, 15) is 9.59 Å². The SMILES string of the molecule is COCCC1(NC(=O)c2ccc(-n3cc(-c4ccc(CC#N)cc4)c(=O)[nH]3)nc2)CC1. The number of rotatable bonds is 8. The van der Waals surface area contributed by atoms with Crippen LogP contribution in [-0.4, -0.2) is 39.9 Å². The smallest absolute Gasteiger partial charge is 0.272 e. The van der Waals surface area contributed by atoms with Crippen LogP contribution in [0.4, 0.5) is 0 Å². The molecule has 0 bridgehead atoms. The van der Waals surface area contributed by atoms with E-state index in [1.165, 1.54) is 10.9 Å². The zero-order valence-corrected chi connectivity index (χ0v) is 17.2. The Morgan fingerprint density at radius 3 is 2.68 bits per heavy atom. The molecule has 3 aromatic rings. The Morgan fingerprint density at radius 2 is 2.06 bits per heavy atom. The monoisotopic (exact) mass is 417 g/mol. The van der Waals surface area contributed by atoms with Gasteiger partial charge in [-0.2, -0.15) is 5.26 Å². The molecule has 8 nitrogen and oxygen atoms in total. The van der Waals surface area contributed by atoms with Crippen molar-refractivity contribution in [2.24, 2.45) is 0 Å². The Hall–Kier alpha value is -3.70. The van der Waals surface area contributed by atoms with Gasteiger partial charge >= 0.3 is 0 Å². The van der Waals surface area contributed by atoms with E-state index in [1.807, 2.05) is 24.3 Å². The summed E-state index contributed by atoms with van der Waals surface area (Å²) in [5, 5.41) is 14.6. The first-order chi connectivity index (χ1) is 15.0. The number of carbonyl (C=O) groups excluding carboxylic acids is 1. The largest absolute Gasteiger partial charge is 0.385 e. The van der Waals surface area contributed by atoms with Crippen molar-refractivity contribution in [1.29, 1.82) is 5.26 Å². The lowest BCUT2D eigenvalue weighted by Crippen LogP contribution is -2.37. The molecular formula is C23H23N5O3. The summed E-state index contributed by atoms with van der Waals surface area (Å²) >= 11 is 0. The summed E-state index contributed by atoms with van der Waals surface area (Å²) in [6, 6.07) is 12.8. The van der Waals surface area contributed by atoms with Crippen molar-refractivity contribution in [1.82, 2.24) is 20.1 Å². The molecule has 1 aliphatic rings. The highest BCUT2D eigenvalue weighted by molar-refractivity contribution is 5.94. The number of nitriles is 1. The van der Waals surface area contributed by atoms with E-state index >= 15 is 0 Å². The van der Waals surface area contributed by atoms with Crippen LogP contribution in [0.2, 0.25) is 0 Å². The van der Waals surface area contributed by atoms with Crippen LogP contribution < -0.4 is 10.9 Å². The first-order valence-corrected chi connectivity index (χ1v) is 10.1. The molecule has 0 radical (unpaired) electrons. The van der Waals surface area contributed by atoms with Crippen LogP contribution in [0.15, 0.2) is 53.6 Å². The highest BCUT2D eigenvalue weighted by Gasteiger charge is 2.43. The number of H-pyrrole nitrogens is 1. The van der Waals surface area contributed by atoms with Gasteiger partial charge in [0.15, 0.2) is 5.82 Å². The Morgan fingerprint density at radius 1 is 1.29 bits per heavy atom. The van der Waals surface area contributed by atoms with Crippen LogP contribution in [0.1, 0.15) is 35.2 Å². The van der Waals surface area contributed by atoms with E-state index in [4.69, 9.17) is 10.00 Å². The summed E-state index contributed by atoms with van der Waals surface area (Å²) in [5.41, 5.74) is 2.22. The van der Waals surface area contributed by atoms with Crippen LogP contribution in [0.25, 0.3) is 16.9 Å². The van der Waals surface area contributed by atoms with Crippen LogP contribution in [0.5, 0.6) is 0 Å². The van der Waals surface area contributed by atoms with Gasteiger partial charge in [-0.05, 0) is 42.5 Å². The Bertz CT molecular complexity index is 1170. The number of aromatic amines is 1. The van der Waals surface area contributed by atoms with Crippen molar-refractivity contribution < 1.29 is 9.53 Å². The van der Waals surface area contributed by atoms with Gasteiger partial charge in [-0.1, -0.05) is 24.3 Å². The molecule has 31 heavy (non-hydrogen) atoms. The van der Waals surface area contributed by atoms with Crippen molar-refractivity contribution in [3.63, 3.8) is 0 Å². The molecule has 2 aromatic heterocycles. The van der Waals surface area contributed by atoms with E-state index in [2.05, 4.69) is 21.5 Å². The normalized spacial score (nSPS) is 14.1. The average molecular weight is 417 g/mol. The number of pyridine rings is 1. The van der Waals surface area contributed by atoms with Gasteiger partial charge in [-0.3, -0.25) is 14.7 Å². The zero-order valence-electron chi connectivity index (χ0n) is 17.2. The second-order valence-electron chi connectivity index (χ2n) is 7.77. The minimum Gasteiger partial charge on any atom is -0.385 e. The molecule has 1 aromatic carbocycles. The second-order valence-corrected chi connectivity index (χ2v) is 7.77. The topological polar surface area (TPSA) is 113 Å². The van der Waals surface area contributed by atoms with Crippen molar-refractivity contribution in [2.45, 2.75) is 31.2 Å². The number of hydrogen-bond donors (Lipinski definition) is 2. The quantitative estimate of drug-likeness (QED) is 0.585. The molecule has 2 heterocycles. The van der Waals surface area contributed by atoms with E-state index in [0.29, 0.717) is 30.0 Å². The number of amides is 1. The lowest BCUT2D eigenvalue weighted by atomic mass is 10.1. The summed E-state index contributed by atoms with van der Waals surface area (Å²) < 4.78 is 6.65. The number of methoxy groups -OCH3 is 1. The van der Waals surface area contributed by atoms with E-state index in [-0.39, 0.29) is 17.0 Å². The maximum absolute atomic E-state index is 12.6. The molecule has 2 N–H and O–H groups in total. The van der Waals surface area contributed by atoms with Crippen LogP contribution >= 0.6 is 0 Å². The summed E-state index contributed by atoms with van der Waals surface area (Å²) in [6.45, 7) is 0.613. The lowest BCUT2D eigenvalue weighted by Gasteiger charge is -2.16. The van der Waals surface area contributed by atoms with Gasteiger partial charge in [0.05, 0.1) is 23.6 Å². The second kappa shape index (κ2) is 8.58. The molecule has 8 heteroatoms. The number of aromatic nitrogens is 3. The molecule has 0 atom stereocenters. The van der Waals surface area contributed by atoms with Crippen LogP contribution in [0.3, 0.4) is 0 Å². The first-order valence-electron chi connectivity index (χ1n) is 10.1. The molecule has 1 aliphatic carbocycles. The van der Waals surface area contributed by atoms with Crippen LogP contribution in [-0.2, 0) is 11.2 Å². The average Bonchev–Trinajstić information content (AvgIpc) is 3.44. The molecule has 0 spiro atoms. The number of nitrogens with zero attached hydrogens (tertiary/aromatic N) is 3. The van der Waals surface area contributed by atoms with Gasteiger partial charge in [0.2, 0.25) is 0 Å². The number of hydrogen-bond acceptors (Lipinski definition) is 5. The molecule has 0 unspecified atom stereocenters. The number of benzene rings is 1. The van der Waals surface area contributed by atoms with Crippen molar-refractivity contribution >= 4 is 5.91 Å². The maximum atomic E-state index is 12.6. The number of nitrogens with one attached hydrogen (secondary N) is 2. The third kappa shape index (κ3) is 4.57. The molecule has 1 fully saturated rings. The highest BCUT2D eigenvalue weighted by atomic mass is 16.5. The summed E-state index contributed by atoms with van der Waals surface area (Å²) in [6.07, 6.45) is 6.22. The molecule has 0 aliphatic heterocycles. The Labute approximate surface area is 179 Å². The standard InChI is InChI=1S/C23H23N5O3/c1-31-13-11-23(9-10-23)26-21(29)18-6-7-20(25-14-18)28-15-19(22(30)27-28)17-4-2-16(3-5-17)8-12-24/h2-7,14-15H,8-11,13H2,1H3,(H,26,29)(H,27,30). The van der Waals surface area contributed by atoms with Gasteiger partial charge in [-0.25, -0.2) is 9.67 Å². The van der Waals surface area contributed by atoms with Crippen molar-refractivity contribution in [3.05, 3.63) is 70.3 Å². The van der Waals surface area contributed by atoms with Gasteiger partial charge in [0.25, 0.3) is 11.5 Å². The van der Waals surface area contributed by atoms with E-state index in [0.717, 1.165) is 30.4 Å². The third-order valence-corrected chi connectivity index (χ3v) is 5.55. The number of ether oxygens (including phenoxy) is 1. The molecule has 1 saturated carbocycles. The zero-order chi connectivity index (χ0) is 21.8. The Kier molecular flexibility index (Phi) is 5.69. The predicted molar refractivity (Wildman–Crippen MR) is 115 cm³/mol. The first kappa shape index (κ1) is 20.6. The van der Waals surface area contributed by atoms with Gasteiger partial charge in [-0.15, -0.1) is 0 Å². The minimum atomic E-state index is -0.245.